The lowest BCUT2D eigenvalue weighted by atomic mass is 10.1. The number of phosphoric ester groups is 1. The number of fused-ring (bicyclic) bond motifs is 1. The molecule has 1 aliphatic heterocycles. The molecule has 0 aromatic heterocycles. The maximum atomic E-state index is 12.9. The molecule has 1 heterocycles. The Morgan fingerprint density at radius 3 is 2.42 bits per heavy atom. The van der Waals surface area contributed by atoms with Crippen LogP contribution in [0.3, 0.4) is 0 Å². The van der Waals surface area contributed by atoms with E-state index < -0.39 is 17.7 Å². The Kier molecular flexibility index (Phi) is 5.00. The second kappa shape index (κ2) is 6.60. The number of hydrogen-bond donors (Lipinski definition) is 0. The fraction of sp³-hybridized carbons (Fsp3) is 0.200. The summed E-state index contributed by atoms with van der Waals surface area (Å²) in [5.41, 5.74) is 1.40. The third kappa shape index (κ3) is 3.96. The van der Waals surface area contributed by atoms with E-state index in [9.17, 15) is 4.57 Å². The van der Waals surface area contributed by atoms with Gasteiger partial charge in [0, 0.05) is 10.6 Å². The molecule has 0 spiro atoms. The zero-order valence-electron chi connectivity index (χ0n) is 12.2. The maximum absolute atomic E-state index is 12.9. The average molecular weight is 428 g/mol. The Labute approximate surface area is 159 Å². The highest BCUT2D eigenvalue weighted by molar-refractivity contribution is 7.49. The van der Waals surface area contributed by atoms with E-state index in [0.717, 1.165) is 5.56 Å². The van der Waals surface area contributed by atoms with Crippen LogP contribution in [0.25, 0.3) is 0 Å². The minimum atomic E-state index is -4.05. The molecule has 4 nitrogen and oxygen atoms in total. The Bertz CT molecular complexity index is 804. The first-order valence-electron chi connectivity index (χ1n) is 6.77. The highest BCUT2D eigenvalue weighted by Crippen LogP contribution is 2.62. The molecule has 2 atom stereocenters. The van der Waals surface area contributed by atoms with E-state index in [1.54, 1.807) is 30.3 Å². The standard InChI is InChI=1S/C15H11Cl4O4P/c1-9-2-7-13-12(8-9)14(15(17,18)19)23-24(20,22-13)21-11-5-3-10(16)4-6-11/h2-8,14H,1H3. The van der Waals surface area contributed by atoms with E-state index in [-0.39, 0.29) is 11.5 Å². The fourth-order valence-corrected chi connectivity index (χ4v) is 4.42. The van der Waals surface area contributed by atoms with Gasteiger partial charge in [0.15, 0.2) is 0 Å². The molecule has 0 N–H and O–H groups in total. The summed E-state index contributed by atoms with van der Waals surface area (Å²) in [6, 6.07) is 11.4. The third-order valence-corrected chi connectivity index (χ3v) is 5.39. The van der Waals surface area contributed by atoms with Gasteiger partial charge in [-0.25, -0.2) is 4.57 Å². The van der Waals surface area contributed by atoms with E-state index >= 15 is 0 Å². The van der Waals surface area contributed by atoms with Crippen LogP contribution in [0.4, 0.5) is 0 Å². The number of benzene rings is 2. The molecule has 2 unspecified atom stereocenters. The predicted octanol–water partition coefficient (Wildman–Crippen LogP) is 6.66. The van der Waals surface area contributed by atoms with Crippen molar-refractivity contribution >= 4 is 54.2 Å². The van der Waals surface area contributed by atoms with Crippen molar-refractivity contribution in [2.24, 2.45) is 0 Å². The van der Waals surface area contributed by atoms with Crippen molar-refractivity contribution < 1.29 is 18.1 Å². The molecule has 0 bridgehead atoms. The topological polar surface area (TPSA) is 44.8 Å². The quantitative estimate of drug-likeness (QED) is 0.397. The average Bonchev–Trinajstić information content (AvgIpc) is 2.48. The Morgan fingerprint density at radius 1 is 1.12 bits per heavy atom. The van der Waals surface area contributed by atoms with Crippen molar-refractivity contribution in [3.8, 4) is 11.5 Å². The molecule has 9 heteroatoms. The van der Waals surface area contributed by atoms with Crippen molar-refractivity contribution in [2.75, 3.05) is 0 Å². The van der Waals surface area contributed by atoms with E-state index in [1.807, 2.05) is 6.92 Å². The predicted molar refractivity (Wildman–Crippen MR) is 95.6 cm³/mol. The summed E-state index contributed by atoms with van der Waals surface area (Å²) in [5.74, 6) is 0.529. The van der Waals surface area contributed by atoms with Crippen molar-refractivity contribution in [3.63, 3.8) is 0 Å². The highest BCUT2D eigenvalue weighted by Gasteiger charge is 2.49. The first-order chi connectivity index (χ1) is 11.2. The second-order valence-corrected chi connectivity index (χ2v) is 9.43. The number of hydrogen-bond acceptors (Lipinski definition) is 4. The number of alkyl halides is 3. The van der Waals surface area contributed by atoms with Crippen molar-refractivity contribution in [1.82, 2.24) is 0 Å². The summed E-state index contributed by atoms with van der Waals surface area (Å²) in [5, 5.41) is 0.506. The zero-order chi connectivity index (χ0) is 17.5. The molecule has 1 aliphatic rings. The van der Waals surface area contributed by atoms with Gasteiger partial charge in [0.05, 0.1) is 0 Å². The van der Waals surface area contributed by atoms with Gasteiger partial charge in [0.25, 0.3) is 0 Å². The molecule has 0 amide bonds. The molecule has 2 aromatic rings. The first-order valence-corrected chi connectivity index (χ1v) is 9.74. The van der Waals surface area contributed by atoms with Gasteiger partial charge in [-0.15, -0.1) is 0 Å². The molecular formula is C15H11Cl4O4P. The van der Waals surface area contributed by atoms with E-state index in [0.29, 0.717) is 10.6 Å². The lowest BCUT2D eigenvalue weighted by molar-refractivity contribution is 0.126. The molecule has 3 rings (SSSR count). The summed E-state index contributed by atoms with van der Waals surface area (Å²) in [6.07, 6.45) is -1.11. The molecule has 0 aliphatic carbocycles. The van der Waals surface area contributed by atoms with Crippen LogP contribution in [0.2, 0.25) is 5.02 Å². The van der Waals surface area contributed by atoms with Crippen LogP contribution in [-0.2, 0) is 9.09 Å². The zero-order valence-corrected chi connectivity index (χ0v) is 16.1. The summed E-state index contributed by atoms with van der Waals surface area (Å²) in [4.78, 5) is 0. The molecule has 0 saturated carbocycles. The van der Waals surface area contributed by atoms with Crippen LogP contribution in [0.15, 0.2) is 42.5 Å². The van der Waals surface area contributed by atoms with Gasteiger partial charge in [-0.3, -0.25) is 4.52 Å². The molecule has 0 saturated heterocycles. The summed E-state index contributed by atoms with van der Waals surface area (Å²) >= 11 is 23.8. The summed E-state index contributed by atoms with van der Waals surface area (Å²) in [7, 11) is -4.05. The molecule has 0 radical (unpaired) electrons. The lowest BCUT2D eigenvalue weighted by Gasteiger charge is -2.34. The monoisotopic (exact) mass is 426 g/mol. The number of halogens is 4. The summed E-state index contributed by atoms with van der Waals surface area (Å²) < 4.78 is 27.3. The Hall–Kier alpha value is -0.610. The second-order valence-electron chi connectivity index (χ2n) is 5.15. The minimum absolute atomic E-state index is 0.251. The van der Waals surface area contributed by atoms with Crippen LogP contribution >= 0.6 is 54.2 Å². The van der Waals surface area contributed by atoms with Crippen LogP contribution in [-0.4, -0.2) is 3.79 Å². The fourth-order valence-electron chi connectivity index (χ4n) is 2.18. The number of aryl methyl sites for hydroxylation is 1. The van der Waals surface area contributed by atoms with Crippen molar-refractivity contribution in [3.05, 3.63) is 58.6 Å². The van der Waals surface area contributed by atoms with E-state index in [2.05, 4.69) is 0 Å². The van der Waals surface area contributed by atoms with Crippen LogP contribution in [0.5, 0.6) is 11.5 Å². The molecule has 24 heavy (non-hydrogen) atoms. The molecular weight excluding hydrogens is 417 g/mol. The molecule has 2 aromatic carbocycles. The molecule has 128 valence electrons. The van der Waals surface area contributed by atoms with Crippen LogP contribution in [0.1, 0.15) is 17.2 Å². The van der Waals surface area contributed by atoms with E-state index in [4.69, 9.17) is 60.0 Å². The lowest BCUT2D eigenvalue weighted by Crippen LogP contribution is -2.26. The van der Waals surface area contributed by atoms with Gasteiger partial charge in [0.1, 0.15) is 17.6 Å². The van der Waals surface area contributed by atoms with Crippen LogP contribution < -0.4 is 9.05 Å². The molecule has 0 fully saturated rings. The Morgan fingerprint density at radius 2 is 1.79 bits per heavy atom. The normalized spacial score (nSPS) is 23.3. The maximum Gasteiger partial charge on any atom is 0.588 e. The van der Waals surface area contributed by atoms with Crippen molar-refractivity contribution in [1.29, 1.82) is 0 Å². The first kappa shape index (κ1) is 18.2. The van der Waals surface area contributed by atoms with Gasteiger partial charge >= 0.3 is 7.82 Å². The number of rotatable bonds is 2. The minimum Gasteiger partial charge on any atom is -0.395 e. The van der Waals surface area contributed by atoms with Crippen molar-refractivity contribution in [2.45, 2.75) is 16.8 Å². The third-order valence-electron chi connectivity index (χ3n) is 3.22. The Balaban J connectivity index is 1.98. The highest BCUT2D eigenvalue weighted by atomic mass is 35.6. The summed E-state index contributed by atoms with van der Waals surface area (Å²) in [6.45, 7) is 1.87. The van der Waals surface area contributed by atoms with Gasteiger partial charge in [-0.05, 0) is 43.3 Å². The number of phosphoric acid groups is 1. The van der Waals surface area contributed by atoms with Gasteiger partial charge in [0.2, 0.25) is 3.79 Å². The largest absolute Gasteiger partial charge is 0.588 e. The SMILES string of the molecule is Cc1ccc2c(c1)C(C(Cl)(Cl)Cl)OP(=O)(Oc1ccc(Cl)cc1)O2. The van der Waals surface area contributed by atoms with Gasteiger partial charge in [-0.1, -0.05) is 58.0 Å². The van der Waals surface area contributed by atoms with Gasteiger partial charge < -0.3 is 9.05 Å². The van der Waals surface area contributed by atoms with Crippen LogP contribution in [0, 0.1) is 6.92 Å². The van der Waals surface area contributed by atoms with E-state index in [1.165, 1.54) is 12.1 Å². The van der Waals surface area contributed by atoms with Gasteiger partial charge in [-0.2, -0.15) is 0 Å². The smallest absolute Gasteiger partial charge is 0.395 e.